The highest BCUT2D eigenvalue weighted by Crippen LogP contribution is 2.35. The van der Waals surface area contributed by atoms with E-state index in [1.54, 1.807) is 18.3 Å². The summed E-state index contributed by atoms with van der Waals surface area (Å²) >= 11 is 7.12. The topological polar surface area (TPSA) is 76.5 Å². The zero-order chi connectivity index (χ0) is 24.7. The second-order valence-electron chi connectivity index (χ2n) is 8.58. The van der Waals surface area contributed by atoms with Crippen molar-refractivity contribution in [3.63, 3.8) is 0 Å². The van der Waals surface area contributed by atoms with E-state index in [0.717, 1.165) is 36.4 Å². The Kier molecular flexibility index (Phi) is 6.37. The monoisotopic (exact) mass is 519 g/mol. The van der Waals surface area contributed by atoms with E-state index in [2.05, 4.69) is 15.0 Å². The summed E-state index contributed by atoms with van der Waals surface area (Å²) in [6.45, 7) is 1.45. The number of amides is 1. The van der Waals surface area contributed by atoms with E-state index in [1.165, 1.54) is 28.6 Å². The number of fused-ring (bicyclic) bond motifs is 1. The second-order valence-corrected chi connectivity index (χ2v) is 10.0. The highest BCUT2D eigenvalue weighted by Gasteiger charge is 2.34. The number of benzene rings is 2. The highest BCUT2D eigenvalue weighted by molar-refractivity contribution is 8.18. The number of amidine groups is 1. The summed E-state index contributed by atoms with van der Waals surface area (Å²) in [5.74, 6) is -0.289. The first-order chi connectivity index (χ1) is 16.7. The number of carbonyl (C=O) groups is 1. The van der Waals surface area contributed by atoms with Crippen LogP contribution in [-0.2, 0) is 17.5 Å². The van der Waals surface area contributed by atoms with Gasteiger partial charge in [0.15, 0.2) is 5.17 Å². The highest BCUT2D eigenvalue weighted by atomic mass is 35.5. The number of hydrogen-bond donors (Lipinski definition) is 1. The molecule has 0 bridgehead atoms. The lowest BCUT2D eigenvalue weighted by Gasteiger charge is -2.31. The Hall–Kier alpha value is -2.82. The van der Waals surface area contributed by atoms with Crippen molar-refractivity contribution in [2.75, 3.05) is 13.1 Å². The summed E-state index contributed by atoms with van der Waals surface area (Å²) in [5, 5.41) is 5.74. The quantitative estimate of drug-likeness (QED) is 0.484. The second kappa shape index (κ2) is 9.33. The molecule has 0 unspecified atom stereocenters. The molecule has 3 heterocycles. The van der Waals surface area contributed by atoms with Gasteiger partial charge in [-0.25, -0.2) is 0 Å². The van der Waals surface area contributed by atoms with Gasteiger partial charge in [-0.3, -0.25) is 9.48 Å². The maximum atomic E-state index is 13.5. The number of nitrogens with zero attached hydrogens (tertiary/aromatic N) is 4. The van der Waals surface area contributed by atoms with Gasteiger partial charge in [0, 0.05) is 29.5 Å². The van der Waals surface area contributed by atoms with Crippen LogP contribution in [0.3, 0.4) is 0 Å². The van der Waals surface area contributed by atoms with E-state index >= 15 is 0 Å². The maximum Gasteiger partial charge on any atom is 0.416 e. The van der Waals surface area contributed by atoms with Gasteiger partial charge < -0.3 is 10.6 Å². The molecule has 2 aromatic carbocycles. The minimum Gasteiger partial charge on any atom is -0.349 e. The Balaban J connectivity index is 1.37. The summed E-state index contributed by atoms with van der Waals surface area (Å²) in [4.78, 5) is 19.2. The van der Waals surface area contributed by atoms with E-state index in [1.807, 2.05) is 12.1 Å². The average Bonchev–Trinajstić information content (AvgIpc) is 3.37. The van der Waals surface area contributed by atoms with Crippen molar-refractivity contribution >= 4 is 51.4 Å². The van der Waals surface area contributed by atoms with Gasteiger partial charge in [-0.05, 0) is 66.1 Å². The predicted molar refractivity (Wildman–Crippen MR) is 132 cm³/mol. The van der Waals surface area contributed by atoms with Crippen LogP contribution in [0.5, 0.6) is 0 Å². The summed E-state index contributed by atoms with van der Waals surface area (Å²) in [7, 11) is 0. The zero-order valence-corrected chi connectivity index (χ0v) is 20.0. The molecule has 1 amide bonds. The normalized spacial score (nSPS) is 20.2. The van der Waals surface area contributed by atoms with E-state index < -0.39 is 11.7 Å². The van der Waals surface area contributed by atoms with Crippen LogP contribution in [0, 0.1) is 0 Å². The molecule has 2 aliphatic heterocycles. The zero-order valence-electron chi connectivity index (χ0n) is 18.4. The number of nitrogens with two attached hydrogens (primary N) is 1. The Morgan fingerprint density at radius 3 is 2.83 bits per heavy atom. The molecule has 0 aliphatic carbocycles. The molecular formula is C24H21ClF3N5OS. The lowest BCUT2D eigenvalue weighted by Crippen LogP contribution is -2.44. The Morgan fingerprint density at radius 2 is 2.06 bits per heavy atom. The molecular weight excluding hydrogens is 499 g/mol. The predicted octanol–water partition coefficient (Wildman–Crippen LogP) is 5.15. The van der Waals surface area contributed by atoms with E-state index in [4.69, 9.17) is 17.3 Å². The first-order valence-electron chi connectivity index (χ1n) is 11.0. The SMILES string of the molecule is N[C@H]1CCCN(C2=NC(=O)/C(=C/c3ccc4c(cnn4Cc4ccc(Cl)cc4C(F)(F)F)c3)S2)C1. The van der Waals surface area contributed by atoms with Crippen molar-refractivity contribution < 1.29 is 18.0 Å². The van der Waals surface area contributed by atoms with Crippen LogP contribution in [0.15, 0.2) is 52.5 Å². The third-order valence-corrected chi connectivity index (χ3v) is 7.28. The Bertz CT molecular complexity index is 1370. The van der Waals surface area contributed by atoms with Gasteiger partial charge in [0.2, 0.25) is 0 Å². The summed E-state index contributed by atoms with van der Waals surface area (Å²) < 4.78 is 41.9. The van der Waals surface area contributed by atoms with E-state index in [-0.39, 0.29) is 29.1 Å². The molecule has 35 heavy (non-hydrogen) atoms. The van der Waals surface area contributed by atoms with Gasteiger partial charge in [-0.15, -0.1) is 0 Å². The molecule has 11 heteroatoms. The minimum atomic E-state index is -4.52. The summed E-state index contributed by atoms with van der Waals surface area (Å²) in [6.07, 6.45) is 0.782. The third-order valence-electron chi connectivity index (χ3n) is 6.00. The Morgan fingerprint density at radius 1 is 1.23 bits per heavy atom. The number of aromatic nitrogens is 2. The smallest absolute Gasteiger partial charge is 0.349 e. The van der Waals surface area contributed by atoms with Gasteiger partial charge in [0.1, 0.15) is 0 Å². The standard InChI is InChI=1S/C24H21ClF3N5OS/c25-17-5-4-15(19(10-17)24(26,27)28)12-33-20-6-3-14(8-16(20)11-30-33)9-21-22(34)31-23(35-21)32-7-1-2-18(29)13-32/h3-6,8-11,18H,1-2,7,12-13,29H2/b21-9-/t18-/m0/s1. The van der Waals surface area contributed by atoms with E-state index in [9.17, 15) is 18.0 Å². The number of likely N-dealkylation sites (tertiary alicyclic amines) is 1. The largest absolute Gasteiger partial charge is 0.416 e. The molecule has 0 spiro atoms. The van der Waals surface area contributed by atoms with Crippen LogP contribution >= 0.6 is 23.4 Å². The molecule has 1 aromatic heterocycles. The van der Waals surface area contributed by atoms with Gasteiger partial charge in [0.25, 0.3) is 5.91 Å². The lowest BCUT2D eigenvalue weighted by atomic mass is 10.1. The number of carbonyl (C=O) groups excluding carboxylic acids is 1. The minimum absolute atomic E-state index is 0.0266. The number of halogens is 4. The van der Waals surface area contributed by atoms with Crippen molar-refractivity contribution in [3.8, 4) is 0 Å². The molecule has 1 fully saturated rings. The van der Waals surface area contributed by atoms with Crippen LogP contribution in [0.2, 0.25) is 5.02 Å². The molecule has 0 radical (unpaired) electrons. The number of alkyl halides is 3. The fourth-order valence-corrected chi connectivity index (χ4v) is 5.42. The molecule has 182 valence electrons. The van der Waals surface area contributed by atoms with Crippen LogP contribution in [0.4, 0.5) is 13.2 Å². The van der Waals surface area contributed by atoms with Crippen molar-refractivity contribution in [2.45, 2.75) is 31.6 Å². The first-order valence-corrected chi connectivity index (χ1v) is 12.2. The van der Waals surface area contributed by atoms with Crippen molar-refractivity contribution in [2.24, 2.45) is 10.7 Å². The number of hydrogen-bond acceptors (Lipinski definition) is 5. The number of rotatable bonds is 3. The number of piperidine rings is 1. The van der Waals surface area contributed by atoms with E-state index in [0.29, 0.717) is 22.1 Å². The molecule has 2 N–H and O–H groups in total. The summed E-state index contributed by atoms with van der Waals surface area (Å²) in [5.41, 5.74) is 6.81. The Labute approximate surface area is 208 Å². The first kappa shape index (κ1) is 23.9. The molecule has 1 saturated heterocycles. The molecule has 1 atom stereocenters. The van der Waals surface area contributed by atoms with Crippen molar-refractivity contribution in [1.82, 2.24) is 14.7 Å². The molecule has 6 nitrogen and oxygen atoms in total. The molecule has 5 rings (SSSR count). The fraction of sp³-hybridized carbons (Fsp3) is 0.292. The fourth-order valence-electron chi connectivity index (χ4n) is 4.30. The number of aliphatic imine (C=N–C) groups is 1. The lowest BCUT2D eigenvalue weighted by molar-refractivity contribution is -0.138. The van der Waals surface area contributed by atoms with Crippen molar-refractivity contribution in [3.05, 3.63) is 69.2 Å². The van der Waals surface area contributed by atoms with Crippen molar-refractivity contribution in [1.29, 1.82) is 0 Å². The summed E-state index contributed by atoms with van der Waals surface area (Å²) in [6, 6.07) is 9.25. The van der Waals surface area contributed by atoms with Crippen LogP contribution in [-0.4, -0.2) is 44.9 Å². The molecule has 2 aliphatic rings. The molecule has 3 aromatic rings. The van der Waals surface area contributed by atoms with Gasteiger partial charge in [-0.1, -0.05) is 23.7 Å². The third kappa shape index (κ3) is 5.10. The van der Waals surface area contributed by atoms with Gasteiger partial charge in [0.05, 0.1) is 28.7 Å². The maximum absolute atomic E-state index is 13.5. The van der Waals surface area contributed by atoms with Crippen LogP contribution in [0.25, 0.3) is 17.0 Å². The van der Waals surface area contributed by atoms with Gasteiger partial charge >= 0.3 is 6.18 Å². The van der Waals surface area contributed by atoms with Crippen LogP contribution < -0.4 is 5.73 Å². The average molecular weight is 520 g/mol. The number of thioether (sulfide) groups is 1. The van der Waals surface area contributed by atoms with Gasteiger partial charge in [-0.2, -0.15) is 23.3 Å². The van der Waals surface area contributed by atoms with Crippen LogP contribution in [0.1, 0.15) is 29.5 Å². The molecule has 0 saturated carbocycles.